The van der Waals surface area contributed by atoms with E-state index in [9.17, 15) is 0 Å². The molecule has 0 amide bonds. The molecule has 14 heavy (non-hydrogen) atoms. The molecular weight excluding hydrogens is 192 g/mol. The predicted octanol–water partition coefficient (Wildman–Crippen LogP) is 5.54. The van der Waals surface area contributed by atoms with Gasteiger partial charge in [0.2, 0.25) is 0 Å². The topological polar surface area (TPSA) is 0 Å². The molecule has 0 aromatic rings. The van der Waals surface area contributed by atoms with Crippen LogP contribution in [-0.4, -0.2) is 5.88 Å². The highest BCUT2D eigenvalue weighted by Gasteiger charge is 1.95. The Bertz CT molecular complexity index is 63.2. The van der Waals surface area contributed by atoms with E-state index in [1.807, 2.05) is 0 Å². The number of unbranched alkanes of at least 4 members (excludes halogenated alkanes) is 2. The molecule has 0 atom stereocenters. The SMILES string of the molecule is C1CCCCCCC1.CCCCCCl. The summed E-state index contributed by atoms with van der Waals surface area (Å²) in [5.74, 6) is 0.827. The highest BCUT2D eigenvalue weighted by Crippen LogP contribution is 2.15. The number of alkyl halides is 1. The summed E-state index contributed by atoms with van der Waals surface area (Å²) < 4.78 is 0. The predicted molar refractivity (Wildman–Crippen MR) is 67.2 cm³/mol. The lowest BCUT2D eigenvalue weighted by atomic mass is 10.0. The van der Waals surface area contributed by atoms with Gasteiger partial charge in [-0.3, -0.25) is 0 Å². The van der Waals surface area contributed by atoms with Crippen LogP contribution in [0, 0.1) is 0 Å². The highest BCUT2D eigenvalue weighted by molar-refractivity contribution is 6.17. The van der Waals surface area contributed by atoms with Gasteiger partial charge >= 0.3 is 0 Å². The molecule has 86 valence electrons. The fraction of sp³-hybridized carbons (Fsp3) is 1.00. The molecule has 0 nitrogen and oxygen atoms in total. The standard InChI is InChI=1S/C8H16.C5H11Cl/c1-2-4-6-8-7-5-3-1;1-2-3-4-5-6/h1-8H2;2-5H2,1H3. The van der Waals surface area contributed by atoms with Crippen molar-refractivity contribution < 1.29 is 0 Å². The minimum Gasteiger partial charge on any atom is -0.127 e. The second-order valence-corrected chi connectivity index (χ2v) is 4.60. The maximum absolute atomic E-state index is 5.38. The van der Waals surface area contributed by atoms with Crippen LogP contribution in [0.5, 0.6) is 0 Å². The van der Waals surface area contributed by atoms with Crippen molar-refractivity contribution in [2.75, 3.05) is 5.88 Å². The summed E-state index contributed by atoms with van der Waals surface area (Å²) >= 11 is 5.38. The van der Waals surface area contributed by atoms with Crippen LogP contribution in [-0.2, 0) is 0 Å². The van der Waals surface area contributed by atoms with E-state index in [1.54, 1.807) is 0 Å². The molecule has 1 saturated carbocycles. The molecule has 0 spiro atoms. The van der Waals surface area contributed by atoms with Gasteiger partial charge in [-0.25, -0.2) is 0 Å². The molecule has 0 radical (unpaired) electrons. The third kappa shape index (κ3) is 12.3. The zero-order valence-corrected chi connectivity index (χ0v) is 10.6. The third-order valence-corrected chi connectivity index (χ3v) is 3.00. The fourth-order valence-corrected chi connectivity index (χ4v) is 1.95. The van der Waals surface area contributed by atoms with Crippen LogP contribution in [0.2, 0.25) is 0 Å². The van der Waals surface area contributed by atoms with E-state index < -0.39 is 0 Å². The summed E-state index contributed by atoms with van der Waals surface area (Å²) in [4.78, 5) is 0. The summed E-state index contributed by atoms with van der Waals surface area (Å²) in [7, 11) is 0. The van der Waals surface area contributed by atoms with Gasteiger partial charge in [0.05, 0.1) is 0 Å². The average molecular weight is 219 g/mol. The summed E-state index contributed by atoms with van der Waals surface area (Å²) in [5, 5.41) is 0. The molecule has 1 aliphatic rings. The van der Waals surface area contributed by atoms with Gasteiger partial charge in [0.15, 0.2) is 0 Å². The van der Waals surface area contributed by atoms with E-state index in [4.69, 9.17) is 11.6 Å². The summed E-state index contributed by atoms with van der Waals surface area (Å²) in [5.41, 5.74) is 0. The normalized spacial score (nSPS) is 17.6. The van der Waals surface area contributed by atoms with Gasteiger partial charge in [0.25, 0.3) is 0 Å². The summed E-state index contributed by atoms with van der Waals surface area (Å²) in [6.45, 7) is 2.17. The first-order valence-corrected chi connectivity index (χ1v) is 7.01. The second kappa shape index (κ2) is 13.3. The van der Waals surface area contributed by atoms with Crippen LogP contribution in [0.25, 0.3) is 0 Å². The highest BCUT2D eigenvalue weighted by atomic mass is 35.5. The smallest absolute Gasteiger partial charge is 0.0223 e. The quantitative estimate of drug-likeness (QED) is 0.431. The van der Waals surface area contributed by atoms with E-state index in [-0.39, 0.29) is 0 Å². The van der Waals surface area contributed by atoms with Crippen LogP contribution in [0.15, 0.2) is 0 Å². The van der Waals surface area contributed by atoms with Gasteiger partial charge < -0.3 is 0 Å². The van der Waals surface area contributed by atoms with Gasteiger partial charge in [-0.1, -0.05) is 71.1 Å². The van der Waals surface area contributed by atoms with Crippen molar-refractivity contribution in [3.05, 3.63) is 0 Å². The lowest BCUT2D eigenvalue weighted by molar-refractivity contribution is 0.504. The summed E-state index contributed by atoms with van der Waals surface area (Å²) in [6, 6.07) is 0. The molecule has 0 heterocycles. The van der Waals surface area contributed by atoms with Crippen LogP contribution in [0.1, 0.15) is 77.6 Å². The van der Waals surface area contributed by atoms with Crippen molar-refractivity contribution in [3.8, 4) is 0 Å². The molecule has 1 rings (SSSR count). The molecule has 1 fully saturated rings. The van der Waals surface area contributed by atoms with Crippen molar-refractivity contribution in [1.82, 2.24) is 0 Å². The second-order valence-electron chi connectivity index (χ2n) is 4.22. The Morgan fingerprint density at radius 2 is 1.07 bits per heavy atom. The van der Waals surface area contributed by atoms with Crippen molar-refractivity contribution >= 4 is 11.6 Å². The van der Waals surface area contributed by atoms with E-state index >= 15 is 0 Å². The van der Waals surface area contributed by atoms with Gasteiger partial charge in [-0.15, -0.1) is 11.6 Å². The number of hydrogen-bond donors (Lipinski definition) is 0. The molecule has 1 aliphatic carbocycles. The first kappa shape index (κ1) is 14.3. The van der Waals surface area contributed by atoms with Crippen LogP contribution in [0.3, 0.4) is 0 Å². The van der Waals surface area contributed by atoms with Crippen molar-refractivity contribution in [2.24, 2.45) is 0 Å². The average Bonchev–Trinajstić information content (AvgIpc) is 2.14. The molecule has 0 bridgehead atoms. The maximum Gasteiger partial charge on any atom is 0.0223 e. The largest absolute Gasteiger partial charge is 0.127 e. The first-order chi connectivity index (χ1) is 6.91. The van der Waals surface area contributed by atoms with Crippen molar-refractivity contribution in [1.29, 1.82) is 0 Å². The molecular formula is C13H27Cl. The number of hydrogen-bond acceptors (Lipinski definition) is 0. The molecule has 0 saturated heterocycles. The zero-order chi connectivity index (χ0) is 10.5. The van der Waals surface area contributed by atoms with Crippen LogP contribution >= 0.6 is 11.6 Å². The molecule has 0 unspecified atom stereocenters. The van der Waals surface area contributed by atoms with Crippen molar-refractivity contribution in [2.45, 2.75) is 77.6 Å². The van der Waals surface area contributed by atoms with Crippen LogP contribution < -0.4 is 0 Å². The number of halogens is 1. The maximum atomic E-state index is 5.38. The van der Waals surface area contributed by atoms with E-state index in [1.165, 1.54) is 70.6 Å². The van der Waals surface area contributed by atoms with E-state index in [2.05, 4.69) is 6.92 Å². The third-order valence-electron chi connectivity index (χ3n) is 2.74. The first-order valence-electron chi connectivity index (χ1n) is 6.47. The Labute approximate surface area is 95.4 Å². The van der Waals surface area contributed by atoms with E-state index in [0.717, 1.165) is 5.88 Å². The molecule has 0 N–H and O–H groups in total. The lowest BCUT2D eigenvalue weighted by Gasteiger charge is -2.05. The molecule has 0 aliphatic heterocycles. The molecule has 0 aromatic heterocycles. The minimum atomic E-state index is 0.827. The number of rotatable bonds is 3. The Balaban J connectivity index is 0.000000255. The van der Waals surface area contributed by atoms with Gasteiger partial charge in [-0.05, 0) is 6.42 Å². The van der Waals surface area contributed by atoms with Crippen LogP contribution in [0.4, 0.5) is 0 Å². The zero-order valence-electron chi connectivity index (χ0n) is 9.86. The van der Waals surface area contributed by atoms with Crippen molar-refractivity contribution in [3.63, 3.8) is 0 Å². The van der Waals surface area contributed by atoms with E-state index in [0.29, 0.717) is 0 Å². The lowest BCUT2D eigenvalue weighted by Crippen LogP contribution is -1.85. The Kier molecular flexibility index (Phi) is 13.6. The Morgan fingerprint density at radius 1 is 0.714 bits per heavy atom. The van der Waals surface area contributed by atoms with Gasteiger partial charge in [0.1, 0.15) is 0 Å². The Morgan fingerprint density at radius 3 is 1.21 bits per heavy atom. The van der Waals surface area contributed by atoms with Gasteiger partial charge in [0, 0.05) is 5.88 Å². The Hall–Kier alpha value is 0.290. The van der Waals surface area contributed by atoms with Gasteiger partial charge in [-0.2, -0.15) is 0 Å². The molecule has 0 aromatic carbocycles. The molecule has 1 heteroatoms. The summed E-state index contributed by atoms with van der Waals surface area (Å²) in [6.07, 6.45) is 15.7. The monoisotopic (exact) mass is 218 g/mol. The fourth-order valence-electron chi connectivity index (χ4n) is 1.76. The minimum absolute atomic E-state index is 0.827.